The van der Waals surface area contributed by atoms with Crippen LogP contribution >= 0.6 is 8.88 Å². The minimum Gasteiger partial charge on any atom is -0.381 e. The number of rotatable bonds is 3. The lowest BCUT2D eigenvalue weighted by atomic mass is 10.3. The fourth-order valence-corrected chi connectivity index (χ4v) is 1.90. The van der Waals surface area contributed by atoms with Crippen molar-refractivity contribution in [2.24, 2.45) is 0 Å². The van der Waals surface area contributed by atoms with Crippen molar-refractivity contribution < 1.29 is 5.11 Å². The Hall–Kier alpha value is -1.03. The highest BCUT2D eigenvalue weighted by atomic mass is 31.1. The topological polar surface area (TPSA) is 54.2 Å². The first-order valence-corrected chi connectivity index (χ1v) is 5.10. The molecule has 1 atom stereocenters. The molecule has 0 fully saturated rings. The molecule has 0 bridgehead atoms. The number of nitrogens with zero attached hydrogens (tertiary/aromatic N) is 4. The molecular formula is C8H11N4OP. The van der Waals surface area contributed by atoms with E-state index in [1.165, 1.54) is 0 Å². The van der Waals surface area contributed by atoms with E-state index in [1.807, 2.05) is 31.3 Å². The Morgan fingerprint density at radius 2 is 2.29 bits per heavy atom. The molecule has 2 aromatic rings. The minimum absolute atomic E-state index is 0.0205. The Morgan fingerprint density at radius 3 is 3.07 bits per heavy atom. The third kappa shape index (κ3) is 1.75. The molecule has 0 aliphatic carbocycles. The minimum atomic E-state index is 0.0205. The largest absolute Gasteiger partial charge is 0.381 e. The molecule has 14 heavy (non-hydrogen) atoms. The van der Waals surface area contributed by atoms with E-state index in [4.69, 9.17) is 5.11 Å². The van der Waals surface area contributed by atoms with Gasteiger partial charge in [0, 0.05) is 0 Å². The normalized spacial score (nSPS) is 12.2. The van der Waals surface area contributed by atoms with Gasteiger partial charge in [0.05, 0.1) is 21.1 Å². The van der Waals surface area contributed by atoms with E-state index >= 15 is 0 Å². The molecule has 6 heteroatoms. The van der Waals surface area contributed by atoms with Gasteiger partial charge in [0.15, 0.2) is 0 Å². The number of aliphatic hydroxyl groups excluding tert-OH is 1. The fourth-order valence-electron chi connectivity index (χ4n) is 1.14. The van der Waals surface area contributed by atoms with Gasteiger partial charge in [-0.1, -0.05) is 17.3 Å². The zero-order chi connectivity index (χ0) is 9.97. The van der Waals surface area contributed by atoms with E-state index in [0.717, 1.165) is 11.0 Å². The van der Waals surface area contributed by atoms with Crippen LogP contribution in [0, 0.1) is 0 Å². The van der Waals surface area contributed by atoms with Gasteiger partial charge in [-0.05, 0) is 19.2 Å². The van der Waals surface area contributed by atoms with E-state index < -0.39 is 0 Å². The van der Waals surface area contributed by atoms with Crippen molar-refractivity contribution in [2.75, 3.05) is 13.8 Å². The summed E-state index contributed by atoms with van der Waals surface area (Å²) >= 11 is 0. The van der Waals surface area contributed by atoms with Crippen LogP contribution in [0.3, 0.4) is 0 Å². The molecule has 1 aromatic carbocycles. The summed E-state index contributed by atoms with van der Waals surface area (Å²) < 4.78 is 3.55. The van der Waals surface area contributed by atoms with Crippen LogP contribution in [0.5, 0.6) is 0 Å². The van der Waals surface area contributed by atoms with Crippen molar-refractivity contribution in [3.8, 4) is 0 Å². The first-order valence-electron chi connectivity index (χ1n) is 4.20. The van der Waals surface area contributed by atoms with Crippen LogP contribution < -0.4 is 0 Å². The number of para-hydroxylation sites is 1. The van der Waals surface area contributed by atoms with E-state index in [2.05, 4.69) is 10.3 Å². The van der Waals surface area contributed by atoms with Crippen molar-refractivity contribution in [3.05, 3.63) is 24.3 Å². The lowest BCUT2D eigenvalue weighted by Gasteiger charge is -2.11. The molecule has 2 rings (SSSR count). The maximum atomic E-state index is 8.88. The Labute approximate surface area is 83.2 Å². The summed E-state index contributed by atoms with van der Waals surface area (Å²) in [5.74, 6) is 0. The second-order valence-corrected chi connectivity index (χ2v) is 4.32. The molecule has 74 valence electrons. The third-order valence-corrected chi connectivity index (χ3v) is 2.83. The Morgan fingerprint density at radius 1 is 1.50 bits per heavy atom. The number of aliphatic hydroxyl groups is 1. The number of aromatic nitrogens is 3. The second-order valence-electron chi connectivity index (χ2n) is 2.93. The van der Waals surface area contributed by atoms with Crippen molar-refractivity contribution >= 4 is 19.9 Å². The zero-order valence-corrected chi connectivity index (χ0v) is 8.75. The zero-order valence-electron chi connectivity index (χ0n) is 7.75. The predicted molar refractivity (Wildman–Crippen MR) is 56.1 cm³/mol. The molecular weight excluding hydrogens is 199 g/mol. The first-order chi connectivity index (χ1) is 6.81. The Bertz CT molecular complexity index is 430. The van der Waals surface area contributed by atoms with Crippen LogP contribution in [0.2, 0.25) is 0 Å². The molecule has 0 radical (unpaired) electrons. The van der Waals surface area contributed by atoms with Crippen molar-refractivity contribution in [1.82, 2.24) is 19.4 Å². The lowest BCUT2D eigenvalue weighted by Crippen LogP contribution is -2.10. The van der Waals surface area contributed by atoms with Crippen molar-refractivity contribution in [1.29, 1.82) is 0 Å². The number of hydrogen-bond acceptors (Lipinski definition) is 4. The lowest BCUT2D eigenvalue weighted by molar-refractivity contribution is 0.206. The van der Waals surface area contributed by atoms with Gasteiger partial charge in [-0.2, -0.15) is 0 Å². The molecule has 0 aliphatic rings. The predicted octanol–water partition coefficient (Wildman–Crippen LogP) is 0.669. The summed E-state index contributed by atoms with van der Waals surface area (Å²) in [6.07, 6.45) is 0. The fraction of sp³-hybridized carbons (Fsp3) is 0.250. The molecule has 0 saturated heterocycles. The smallest absolute Gasteiger partial charge is 0.113 e. The van der Waals surface area contributed by atoms with Gasteiger partial charge in [-0.25, -0.2) is 9.12 Å². The van der Waals surface area contributed by atoms with E-state index in [-0.39, 0.29) is 15.6 Å². The molecule has 1 heterocycles. The van der Waals surface area contributed by atoms with Crippen LogP contribution in [-0.4, -0.2) is 38.3 Å². The summed E-state index contributed by atoms with van der Waals surface area (Å²) in [5, 5.41) is 16.9. The first kappa shape index (κ1) is 9.52. The SMILES string of the molecule is CN(CO)Pn1nnc2ccccc21. The number of fused-ring (bicyclic) bond motifs is 1. The average molecular weight is 210 g/mol. The van der Waals surface area contributed by atoms with Gasteiger partial charge in [0.25, 0.3) is 0 Å². The van der Waals surface area contributed by atoms with Crippen molar-refractivity contribution in [2.45, 2.75) is 0 Å². The Balaban J connectivity index is 2.33. The van der Waals surface area contributed by atoms with Gasteiger partial charge in [0.2, 0.25) is 0 Å². The monoisotopic (exact) mass is 210 g/mol. The highest BCUT2D eigenvalue weighted by Gasteiger charge is 2.04. The summed E-state index contributed by atoms with van der Waals surface area (Å²) in [7, 11) is 2.11. The molecule has 5 nitrogen and oxygen atoms in total. The highest BCUT2D eigenvalue weighted by Crippen LogP contribution is 2.22. The van der Waals surface area contributed by atoms with Crippen molar-refractivity contribution in [3.63, 3.8) is 0 Å². The molecule has 0 saturated carbocycles. The molecule has 1 N–H and O–H groups in total. The molecule has 0 amide bonds. The van der Waals surface area contributed by atoms with Crippen LogP contribution in [0.1, 0.15) is 0 Å². The van der Waals surface area contributed by atoms with Gasteiger partial charge in [-0.15, -0.1) is 5.10 Å². The maximum absolute atomic E-state index is 8.88. The van der Waals surface area contributed by atoms with E-state index in [0.29, 0.717) is 0 Å². The van der Waals surface area contributed by atoms with Crippen LogP contribution in [0.25, 0.3) is 11.0 Å². The van der Waals surface area contributed by atoms with Gasteiger partial charge < -0.3 is 5.11 Å². The summed E-state index contributed by atoms with van der Waals surface area (Å²) in [6, 6.07) is 7.77. The van der Waals surface area contributed by atoms with E-state index in [9.17, 15) is 0 Å². The van der Waals surface area contributed by atoms with Crippen LogP contribution in [0.15, 0.2) is 24.3 Å². The standard InChI is InChI=1S/C8H11N4OP/c1-11(6-13)14-12-8-5-3-2-4-7(8)9-10-12/h2-5,13-14H,6H2,1H3. The number of benzene rings is 1. The molecule has 0 aliphatic heterocycles. The van der Waals surface area contributed by atoms with Crippen LogP contribution in [0.4, 0.5) is 0 Å². The Kier molecular flexibility index (Phi) is 2.72. The quantitative estimate of drug-likeness (QED) is 0.597. The van der Waals surface area contributed by atoms with Gasteiger partial charge in [-0.3, -0.25) is 0 Å². The van der Waals surface area contributed by atoms with Gasteiger partial charge in [0.1, 0.15) is 5.52 Å². The highest BCUT2D eigenvalue weighted by molar-refractivity contribution is 7.33. The second kappa shape index (κ2) is 4.00. The average Bonchev–Trinajstić information content (AvgIpc) is 2.62. The molecule has 1 aromatic heterocycles. The molecule has 1 unspecified atom stereocenters. The molecule has 0 spiro atoms. The summed E-state index contributed by atoms with van der Waals surface area (Å²) in [5.41, 5.74) is 1.87. The summed E-state index contributed by atoms with van der Waals surface area (Å²) in [6.45, 7) is 0.0205. The van der Waals surface area contributed by atoms with E-state index in [1.54, 1.807) is 9.12 Å². The number of hydrogen-bond donors (Lipinski definition) is 1. The third-order valence-electron chi connectivity index (χ3n) is 1.83. The summed E-state index contributed by atoms with van der Waals surface area (Å²) in [4.78, 5) is 0. The maximum Gasteiger partial charge on any atom is 0.113 e. The van der Waals surface area contributed by atoms with Gasteiger partial charge >= 0.3 is 0 Å². The van der Waals surface area contributed by atoms with Crippen LogP contribution in [-0.2, 0) is 0 Å².